The number of benzene rings is 1. The number of sulfonamides is 1. The van der Waals surface area contributed by atoms with Crippen molar-refractivity contribution in [3.05, 3.63) is 24.3 Å². The van der Waals surface area contributed by atoms with Crippen LogP contribution in [0.3, 0.4) is 0 Å². The number of nitrogens with zero attached hydrogens (tertiary/aromatic N) is 1. The van der Waals surface area contributed by atoms with E-state index in [9.17, 15) is 13.5 Å². The zero-order valence-electron chi connectivity index (χ0n) is 10.9. The first-order valence-electron chi connectivity index (χ1n) is 6.45. The third-order valence-corrected chi connectivity index (χ3v) is 5.06. The van der Waals surface area contributed by atoms with Gasteiger partial charge in [-0.25, -0.2) is 8.42 Å². The van der Waals surface area contributed by atoms with E-state index in [1.165, 1.54) is 28.6 Å². The van der Waals surface area contributed by atoms with Crippen molar-refractivity contribution in [3.8, 4) is 5.75 Å². The highest BCUT2D eigenvalue weighted by molar-refractivity contribution is 7.89. The summed E-state index contributed by atoms with van der Waals surface area (Å²) in [6.07, 6.45) is 1.65. The Bertz CT molecular complexity index is 527. The molecule has 0 bridgehead atoms. The molecule has 1 aromatic carbocycles. The normalized spacial score (nSPS) is 21.4. The van der Waals surface area contributed by atoms with Crippen molar-refractivity contribution in [1.29, 1.82) is 0 Å². The minimum absolute atomic E-state index is 0.0363. The first-order valence-corrected chi connectivity index (χ1v) is 7.89. The maximum absolute atomic E-state index is 12.4. The summed E-state index contributed by atoms with van der Waals surface area (Å²) in [5, 5.41) is 9.40. The first-order chi connectivity index (χ1) is 9.04. The fourth-order valence-corrected chi connectivity index (χ4v) is 3.84. The molecule has 1 aliphatic heterocycles. The predicted molar refractivity (Wildman–Crippen MR) is 71.5 cm³/mol. The summed E-state index contributed by atoms with van der Waals surface area (Å²) in [5.41, 5.74) is 0. The topological polar surface area (TPSA) is 66.8 Å². The van der Waals surface area contributed by atoms with E-state index in [4.69, 9.17) is 4.74 Å². The molecule has 1 heterocycles. The van der Waals surface area contributed by atoms with Gasteiger partial charge in [0, 0.05) is 19.7 Å². The van der Waals surface area contributed by atoms with Crippen molar-refractivity contribution in [3.63, 3.8) is 0 Å². The number of ether oxygens (including phenoxy) is 1. The summed E-state index contributed by atoms with van der Waals surface area (Å²) >= 11 is 0. The van der Waals surface area contributed by atoms with Crippen LogP contribution in [0.4, 0.5) is 0 Å². The second-order valence-corrected chi connectivity index (χ2v) is 6.52. The average Bonchev–Trinajstić information content (AvgIpc) is 2.39. The van der Waals surface area contributed by atoms with Crippen LogP contribution in [-0.2, 0) is 14.8 Å². The molecule has 0 radical (unpaired) electrons. The van der Waals surface area contributed by atoms with Crippen LogP contribution in [0.25, 0.3) is 0 Å². The molecule has 1 N–H and O–H groups in total. The minimum Gasteiger partial charge on any atom is -0.508 e. The number of phenolic OH excluding ortho intramolecular Hbond substituents is 1. The van der Waals surface area contributed by atoms with Gasteiger partial charge in [0.1, 0.15) is 5.75 Å². The lowest BCUT2D eigenvalue weighted by atomic mass is 10.1. The van der Waals surface area contributed by atoms with Crippen LogP contribution in [0.15, 0.2) is 29.2 Å². The van der Waals surface area contributed by atoms with E-state index >= 15 is 0 Å². The van der Waals surface area contributed by atoms with Crippen LogP contribution < -0.4 is 0 Å². The molecule has 0 amide bonds. The molecule has 1 saturated heterocycles. The van der Waals surface area contributed by atoms with Gasteiger partial charge in [-0.2, -0.15) is 4.31 Å². The van der Waals surface area contributed by atoms with Crippen LogP contribution in [-0.4, -0.2) is 43.6 Å². The van der Waals surface area contributed by atoms with Crippen LogP contribution >= 0.6 is 0 Å². The van der Waals surface area contributed by atoms with Gasteiger partial charge in [-0.15, -0.1) is 0 Å². The molecule has 0 aliphatic carbocycles. The van der Waals surface area contributed by atoms with E-state index in [1.54, 1.807) is 0 Å². The lowest BCUT2D eigenvalue weighted by Crippen LogP contribution is -2.43. The Labute approximate surface area is 113 Å². The van der Waals surface area contributed by atoms with Gasteiger partial charge < -0.3 is 9.84 Å². The summed E-state index contributed by atoms with van der Waals surface area (Å²) in [6.45, 7) is 3.38. The Morgan fingerprint density at radius 3 is 2.95 bits per heavy atom. The Morgan fingerprint density at radius 1 is 1.47 bits per heavy atom. The Hall–Kier alpha value is -1.11. The molecule has 19 heavy (non-hydrogen) atoms. The molecule has 6 heteroatoms. The van der Waals surface area contributed by atoms with Gasteiger partial charge in [0.25, 0.3) is 0 Å². The Morgan fingerprint density at radius 2 is 2.26 bits per heavy atom. The minimum atomic E-state index is -3.54. The van der Waals surface area contributed by atoms with Gasteiger partial charge in [-0.05, 0) is 38.0 Å². The first kappa shape index (κ1) is 14.3. The van der Waals surface area contributed by atoms with Crippen LogP contribution in [0, 0.1) is 0 Å². The highest BCUT2D eigenvalue weighted by Gasteiger charge is 2.30. The molecule has 0 spiro atoms. The third-order valence-electron chi connectivity index (χ3n) is 3.20. The molecule has 0 saturated carbocycles. The lowest BCUT2D eigenvalue weighted by Gasteiger charge is -2.31. The number of phenols is 1. The number of rotatable bonds is 4. The second-order valence-electron chi connectivity index (χ2n) is 4.58. The SMILES string of the molecule is CCOC1CCCN(S(=O)(=O)c2cccc(O)c2)C1. The monoisotopic (exact) mass is 285 g/mol. The summed E-state index contributed by atoms with van der Waals surface area (Å²) in [7, 11) is -3.54. The van der Waals surface area contributed by atoms with Gasteiger partial charge in [0.2, 0.25) is 10.0 Å². The molecule has 1 aliphatic rings. The quantitative estimate of drug-likeness (QED) is 0.912. The maximum atomic E-state index is 12.4. The smallest absolute Gasteiger partial charge is 0.243 e. The average molecular weight is 285 g/mol. The van der Waals surface area contributed by atoms with E-state index in [1.807, 2.05) is 6.92 Å². The molecule has 1 aromatic rings. The number of aromatic hydroxyl groups is 1. The third kappa shape index (κ3) is 3.26. The molecule has 5 nitrogen and oxygen atoms in total. The summed E-state index contributed by atoms with van der Waals surface area (Å²) in [4.78, 5) is 0.129. The molecular formula is C13H19NO4S. The van der Waals surface area contributed by atoms with Gasteiger partial charge >= 0.3 is 0 Å². The molecule has 1 fully saturated rings. The van der Waals surface area contributed by atoms with Gasteiger partial charge in [0.05, 0.1) is 11.0 Å². The second kappa shape index (κ2) is 5.90. The fraction of sp³-hybridized carbons (Fsp3) is 0.538. The zero-order chi connectivity index (χ0) is 13.9. The summed E-state index contributed by atoms with van der Waals surface area (Å²) in [5.74, 6) is -0.0422. The van der Waals surface area contributed by atoms with E-state index < -0.39 is 10.0 Å². The van der Waals surface area contributed by atoms with Crippen LogP contribution in [0.1, 0.15) is 19.8 Å². The zero-order valence-corrected chi connectivity index (χ0v) is 11.8. The van der Waals surface area contributed by atoms with E-state index in [2.05, 4.69) is 0 Å². The molecular weight excluding hydrogens is 266 g/mol. The number of piperidine rings is 1. The Kier molecular flexibility index (Phi) is 4.44. The van der Waals surface area contributed by atoms with Crippen molar-refractivity contribution < 1.29 is 18.3 Å². The van der Waals surface area contributed by atoms with Crippen LogP contribution in [0.5, 0.6) is 5.75 Å². The predicted octanol–water partition coefficient (Wildman–Crippen LogP) is 1.58. The van der Waals surface area contributed by atoms with Crippen molar-refractivity contribution in [2.45, 2.75) is 30.8 Å². The molecule has 2 rings (SSSR count). The number of hydrogen-bond donors (Lipinski definition) is 1. The molecule has 1 unspecified atom stereocenters. The van der Waals surface area contributed by atoms with Crippen molar-refractivity contribution in [1.82, 2.24) is 4.31 Å². The molecule has 1 atom stereocenters. The van der Waals surface area contributed by atoms with Gasteiger partial charge in [0.15, 0.2) is 0 Å². The van der Waals surface area contributed by atoms with Gasteiger partial charge in [-0.1, -0.05) is 6.07 Å². The lowest BCUT2D eigenvalue weighted by molar-refractivity contribution is 0.0265. The fourth-order valence-electron chi connectivity index (χ4n) is 2.29. The van der Waals surface area contributed by atoms with E-state index in [0.29, 0.717) is 19.7 Å². The number of hydrogen-bond acceptors (Lipinski definition) is 4. The maximum Gasteiger partial charge on any atom is 0.243 e. The van der Waals surface area contributed by atoms with E-state index in [-0.39, 0.29) is 16.7 Å². The van der Waals surface area contributed by atoms with Crippen molar-refractivity contribution >= 4 is 10.0 Å². The Balaban J connectivity index is 2.19. The van der Waals surface area contributed by atoms with E-state index in [0.717, 1.165) is 12.8 Å². The summed E-state index contributed by atoms with van der Waals surface area (Å²) < 4.78 is 31.8. The standard InChI is InChI=1S/C13H19NO4S/c1-2-18-12-6-4-8-14(10-12)19(16,17)13-7-3-5-11(15)9-13/h3,5,7,9,12,15H,2,4,6,8,10H2,1H3. The van der Waals surface area contributed by atoms with Crippen LogP contribution in [0.2, 0.25) is 0 Å². The largest absolute Gasteiger partial charge is 0.508 e. The van der Waals surface area contributed by atoms with Crippen molar-refractivity contribution in [2.24, 2.45) is 0 Å². The van der Waals surface area contributed by atoms with Crippen molar-refractivity contribution in [2.75, 3.05) is 19.7 Å². The van der Waals surface area contributed by atoms with Gasteiger partial charge in [-0.3, -0.25) is 0 Å². The highest BCUT2D eigenvalue weighted by Crippen LogP contribution is 2.24. The summed E-state index contributed by atoms with van der Waals surface area (Å²) in [6, 6.07) is 5.77. The highest BCUT2D eigenvalue weighted by atomic mass is 32.2. The molecule has 106 valence electrons. The molecule has 0 aromatic heterocycles.